The second-order valence-electron chi connectivity index (χ2n) is 6.73. The highest BCUT2D eigenvalue weighted by Crippen LogP contribution is 2.40. The van der Waals surface area contributed by atoms with Crippen LogP contribution in [0, 0.1) is 5.92 Å². The van der Waals surface area contributed by atoms with Gasteiger partial charge in [-0.1, -0.05) is 25.4 Å². The predicted molar refractivity (Wildman–Crippen MR) is 101 cm³/mol. The van der Waals surface area contributed by atoms with E-state index in [1.165, 1.54) is 6.08 Å². The standard InChI is InChI=1S/C20H21ClF3NO3/c1-4-25-15-11-13(21)6-9-17(15)28-18(25)10-7-14(19(27)20(22,23)24)16(26)8-5-12(2)3/h6-7,9-12H,4-5,8H2,1-3H3/b14-7-,18-10-. The van der Waals surface area contributed by atoms with Crippen molar-refractivity contribution in [1.82, 2.24) is 0 Å². The number of carbonyl (C=O) groups is 2. The van der Waals surface area contributed by atoms with Crippen molar-refractivity contribution in [3.63, 3.8) is 0 Å². The number of hydrogen-bond donors (Lipinski definition) is 0. The quantitative estimate of drug-likeness (QED) is 0.337. The Kier molecular flexibility index (Phi) is 6.93. The van der Waals surface area contributed by atoms with Gasteiger partial charge in [-0.2, -0.15) is 13.2 Å². The minimum atomic E-state index is -5.13. The highest BCUT2D eigenvalue weighted by Gasteiger charge is 2.42. The molecule has 4 nitrogen and oxygen atoms in total. The summed E-state index contributed by atoms with van der Waals surface area (Å²) in [5, 5.41) is 0.481. The van der Waals surface area contributed by atoms with Crippen molar-refractivity contribution in [1.29, 1.82) is 0 Å². The third-order valence-corrected chi connectivity index (χ3v) is 4.39. The molecule has 1 aromatic rings. The van der Waals surface area contributed by atoms with E-state index in [0.29, 0.717) is 29.4 Å². The Morgan fingerprint density at radius 2 is 1.96 bits per heavy atom. The summed E-state index contributed by atoms with van der Waals surface area (Å²) in [5.74, 6) is -2.17. The monoisotopic (exact) mass is 415 g/mol. The Hall–Kier alpha value is -2.28. The van der Waals surface area contributed by atoms with Gasteiger partial charge in [0.2, 0.25) is 5.88 Å². The molecule has 28 heavy (non-hydrogen) atoms. The summed E-state index contributed by atoms with van der Waals surface area (Å²) in [6.45, 7) is 5.97. The van der Waals surface area contributed by atoms with Gasteiger partial charge in [0.05, 0.1) is 11.3 Å². The first-order chi connectivity index (χ1) is 13.0. The summed E-state index contributed by atoms with van der Waals surface area (Å²) in [5.41, 5.74) is -0.237. The van der Waals surface area contributed by atoms with Crippen molar-refractivity contribution in [3.8, 4) is 5.75 Å². The molecule has 0 amide bonds. The lowest BCUT2D eigenvalue weighted by molar-refractivity contribution is -0.167. The molecule has 1 heterocycles. The van der Waals surface area contributed by atoms with Crippen LogP contribution in [-0.2, 0) is 9.59 Å². The molecule has 152 valence electrons. The van der Waals surface area contributed by atoms with Crippen LogP contribution in [0.15, 0.2) is 41.8 Å². The molecule has 1 aliphatic rings. The lowest BCUT2D eigenvalue weighted by Gasteiger charge is -2.15. The summed E-state index contributed by atoms with van der Waals surface area (Å²) >= 11 is 5.99. The fraction of sp³-hybridized carbons (Fsp3) is 0.400. The number of ketones is 2. The first-order valence-electron chi connectivity index (χ1n) is 8.86. The Morgan fingerprint density at radius 1 is 1.29 bits per heavy atom. The van der Waals surface area contributed by atoms with Crippen LogP contribution in [0.1, 0.15) is 33.6 Å². The van der Waals surface area contributed by atoms with Crippen LogP contribution in [0.2, 0.25) is 5.02 Å². The molecule has 1 aliphatic heterocycles. The van der Waals surface area contributed by atoms with Crippen molar-refractivity contribution in [2.24, 2.45) is 5.92 Å². The number of nitrogens with zero attached hydrogens (tertiary/aromatic N) is 1. The Balaban J connectivity index is 2.38. The molecular formula is C20H21ClF3NO3. The van der Waals surface area contributed by atoms with Crippen molar-refractivity contribution >= 4 is 28.9 Å². The van der Waals surface area contributed by atoms with Gasteiger partial charge in [0, 0.05) is 18.0 Å². The molecule has 0 saturated heterocycles. The zero-order valence-corrected chi connectivity index (χ0v) is 16.5. The van der Waals surface area contributed by atoms with Crippen LogP contribution in [0.5, 0.6) is 5.75 Å². The SMILES string of the molecule is CCN1/C(=C/C=C(/C(=O)CCC(C)C)C(=O)C(F)(F)F)Oc2ccc(Cl)cc21. The maximum atomic E-state index is 12.9. The third-order valence-electron chi connectivity index (χ3n) is 4.15. The van der Waals surface area contributed by atoms with Gasteiger partial charge in [-0.05, 0) is 49.6 Å². The zero-order chi connectivity index (χ0) is 21.1. The van der Waals surface area contributed by atoms with E-state index in [2.05, 4.69) is 0 Å². The largest absolute Gasteiger partial charge is 0.455 e. The van der Waals surface area contributed by atoms with E-state index in [1.54, 1.807) is 23.1 Å². The van der Waals surface area contributed by atoms with Crippen LogP contribution in [0.4, 0.5) is 18.9 Å². The van der Waals surface area contributed by atoms with Crippen molar-refractivity contribution in [2.75, 3.05) is 11.4 Å². The minimum Gasteiger partial charge on any atom is -0.439 e. The first-order valence-corrected chi connectivity index (χ1v) is 9.24. The van der Waals surface area contributed by atoms with E-state index >= 15 is 0 Å². The zero-order valence-electron chi connectivity index (χ0n) is 15.8. The number of Topliss-reactive ketones (excluding diaryl/α,β-unsaturated/α-hetero) is 2. The van der Waals surface area contributed by atoms with Crippen molar-refractivity contribution < 1.29 is 27.5 Å². The average Bonchev–Trinajstić information content (AvgIpc) is 2.95. The molecule has 0 aliphatic carbocycles. The normalized spacial score (nSPS) is 15.8. The highest BCUT2D eigenvalue weighted by atomic mass is 35.5. The third kappa shape index (κ3) is 5.16. The maximum Gasteiger partial charge on any atom is 0.455 e. The molecule has 0 spiro atoms. The van der Waals surface area contributed by atoms with E-state index in [0.717, 1.165) is 6.08 Å². The molecule has 0 N–H and O–H groups in total. The van der Waals surface area contributed by atoms with Crippen LogP contribution in [-0.4, -0.2) is 24.3 Å². The number of carbonyl (C=O) groups excluding carboxylic acids is 2. The number of anilines is 1. The highest BCUT2D eigenvalue weighted by molar-refractivity contribution is 6.31. The maximum absolute atomic E-state index is 12.9. The number of allylic oxidation sites excluding steroid dienone is 3. The van der Waals surface area contributed by atoms with Crippen molar-refractivity contribution in [3.05, 3.63) is 46.8 Å². The molecule has 0 unspecified atom stereocenters. The van der Waals surface area contributed by atoms with Crippen LogP contribution >= 0.6 is 11.6 Å². The first kappa shape index (κ1) is 22.0. The molecule has 2 rings (SSSR count). The Bertz CT molecular complexity index is 828. The van der Waals surface area contributed by atoms with Gasteiger partial charge in [0.25, 0.3) is 5.78 Å². The number of ether oxygens (including phenoxy) is 1. The summed E-state index contributed by atoms with van der Waals surface area (Å²) in [7, 11) is 0. The van der Waals surface area contributed by atoms with E-state index in [-0.39, 0.29) is 18.2 Å². The van der Waals surface area contributed by atoms with Gasteiger partial charge in [0.15, 0.2) is 11.5 Å². The van der Waals surface area contributed by atoms with E-state index in [1.807, 2.05) is 20.8 Å². The Labute approximate surface area is 166 Å². The summed E-state index contributed by atoms with van der Waals surface area (Å²) in [4.78, 5) is 25.7. The number of halogens is 4. The number of benzene rings is 1. The molecule has 0 aromatic heterocycles. The molecule has 0 fully saturated rings. The van der Waals surface area contributed by atoms with E-state index < -0.39 is 23.3 Å². The second kappa shape index (κ2) is 8.82. The van der Waals surface area contributed by atoms with Gasteiger partial charge >= 0.3 is 6.18 Å². The molecule has 0 saturated carbocycles. The summed E-state index contributed by atoms with van der Waals surface area (Å²) < 4.78 is 44.5. The van der Waals surface area contributed by atoms with Gasteiger partial charge in [-0.15, -0.1) is 0 Å². The van der Waals surface area contributed by atoms with Crippen LogP contribution < -0.4 is 9.64 Å². The fourth-order valence-corrected chi connectivity index (χ4v) is 2.85. The molecule has 8 heteroatoms. The smallest absolute Gasteiger partial charge is 0.439 e. The number of alkyl halides is 3. The predicted octanol–water partition coefficient (Wildman–Crippen LogP) is 5.46. The minimum absolute atomic E-state index is 0.123. The van der Waals surface area contributed by atoms with Gasteiger partial charge < -0.3 is 9.64 Å². The number of hydrogen-bond acceptors (Lipinski definition) is 4. The average molecular weight is 416 g/mol. The van der Waals surface area contributed by atoms with Gasteiger partial charge in [-0.25, -0.2) is 0 Å². The summed E-state index contributed by atoms with van der Waals surface area (Å²) in [6, 6.07) is 4.93. The van der Waals surface area contributed by atoms with Crippen molar-refractivity contribution in [2.45, 2.75) is 39.8 Å². The second-order valence-corrected chi connectivity index (χ2v) is 7.16. The van der Waals surface area contributed by atoms with Gasteiger partial charge in [0.1, 0.15) is 0 Å². The summed E-state index contributed by atoms with van der Waals surface area (Å²) in [6.07, 6.45) is -2.77. The van der Waals surface area contributed by atoms with Gasteiger partial charge in [-0.3, -0.25) is 9.59 Å². The lowest BCUT2D eigenvalue weighted by Crippen LogP contribution is -2.28. The molecule has 0 radical (unpaired) electrons. The fourth-order valence-electron chi connectivity index (χ4n) is 2.68. The number of fused-ring (bicyclic) bond motifs is 1. The van der Waals surface area contributed by atoms with E-state index in [9.17, 15) is 22.8 Å². The van der Waals surface area contributed by atoms with Crippen LogP contribution in [0.25, 0.3) is 0 Å². The lowest BCUT2D eigenvalue weighted by atomic mass is 9.98. The number of rotatable bonds is 7. The molecule has 1 aromatic carbocycles. The molecule has 0 atom stereocenters. The molecule has 0 bridgehead atoms. The van der Waals surface area contributed by atoms with Crippen LogP contribution in [0.3, 0.4) is 0 Å². The topological polar surface area (TPSA) is 46.6 Å². The van der Waals surface area contributed by atoms with E-state index in [4.69, 9.17) is 16.3 Å². The molecular weight excluding hydrogens is 395 g/mol. The Morgan fingerprint density at radius 3 is 2.54 bits per heavy atom.